The Bertz CT molecular complexity index is 359. The fraction of sp³-hybridized carbons (Fsp3) is 0.944. The van der Waals surface area contributed by atoms with Crippen molar-refractivity contribution in [2.24, 2.45) is 4.99 Å². The Kier molecular flexibility index (Phi) is 9.46. The van der Waals surface area contributed by atoms with Gasteiger partial charge in [0.1, 0.15) is 0 Å². The highest BCUT2D eigenvalue weighted by molar-refractivity contribution is 5.79. The molecule has 0 aromatic carbocycles. The number of likely N-dealkylation sites (tertiary alicyclic amines) is 1. The van der Waals surface area contributed by atoms with Gasteiger partial charge in [0.15, 0.2) is 5.96 Å². The molecule has 0 aromatic rings. The molecular weight excluding hydrogens is 304 g/mol. The molecule has 2 aliphatic heterocycles. The van der Waals surface area contributed by atoms with Gasteiger partial charge in [-0.2, -0.15) is 0 Å². The molecule has 0 aromatic heterocycles. The van der Waals surface area contributed by atoms with Crippen molar-refractivity contribution in [1.29, 1.82) is 0 Å². The average molecular weight is 341 g/mol. The lowest BCUT2D eigenvalue weighted by Gasteiger charge is -2.33. The van der Waals surface area contributed by atoms with Crippen molar-refractivity contribution in [1.82, 2.24) is 15.5 Å². The number of hydrogen-bond donors (Lipinski definition) is 2. The molecule has 0 bridgehead atoms. The first-order chi connectivity index (χ1) is 11.8. The third-order valence-electron chi connectivity index (χ3n) is 4.94. The van der Waals surface area contributed by atoms with Gasteiger partial charge in [-0.3, -0.25) is 9.89 Å². The molecule has 2 atom stereocenters. The summed E-state index contributed by atoms with van der Waals surface area (Å²) in [5, 5.41) is 6.77. The number of guanidine groups is 1. The summed E-state index contributed by atoms with van der Waals surface area (Å²) in [5.74, 6) is 0.888. The molecule has 24 heavy (non-hydrogen) atoms. The quantitative estimate of drug-likeness (QED) is 0.379. The van der Waals surface area contributed by atoms with E-state index in [2.05, 4.69) is 27.4 Å². The van der Waals surface area contributed by atoms with Gasteiger partial charge in [-0.15, -0.1) is 0 Å². The predicted octanol–water partition coefficient (Wildman–Crippen LogP) is 1.61. The topological polar surface area (TPSA) is 58.1 Å². The minimum Gasteiger partial charge on any atom is -0.379 e. The summed E-state index contributed by atoms with van der Waals surface area (Å²) in [5.41, 5.74) is 0. The third-order valence-corrected chi connectivity index (χ3v) is 4.94. The monoisotopic (exact) mass is 340 g/mol. The first-order valence-electron chi connectivity index (χ1n) is 9.67. The van der Waals surface area contributed by atoms with E-state index < -0.39 is 0 Å². The molecule has 2 fully saturated rings. The minimum absolute atomic E-state index is 0.324. The van der Waals surface area contributed by atoms with E-state index in [1.165, 1.54) is 32.2 Å². The molecule has 0 aliphatic carbocycles. The Morgan fingerprint density at radius 1 is 1.21 bits per heavy atom. The van der Waals surface area contributed by atoms with Gasteiger partial charge in [0, 0.05) is 45.9 Å². The van der Waals surface area contributed by atoms with Crippen LogP contribution >= 0.6 is 0 Å². The second-order valence-electron chi connectivity index (χ2n) is 6.87. The summed E-state index contributed by atoms with van der Waals surface area (Å²) in [4.78, 5) is 6.86. The predicted molar refractivity (Wildman–Crippen MR) is 98.7 cm³/mol. The Hall–Kier alpha value is -0.850. The molecular formula is C18H36N4O2. The Balaban J connectivity index is 1.46. The number of hydrogen-bond acceptors (Lipinski definition) is 4. The SMILES string of the molecule is CN=C(NCCCOCC1CCCO1)NCCN1CCCCC1C. The lowest BCUT2D eigenvalue weighted by Crippen LogP contribution is -2.45. The normalized spacial score (nSPS) is 25.8. The zero-order chi connectivity index (χ0) is 17.0. The Morgan fingerprint density at radius 3 is 2.83 bits per heavy atom. The smallest absolute Gasteiger partial charge is 0.191 e. The maximum Gasteiger partial charge on any atom is 0.191 e. The molecule has 6 heteroatoms. The van der Waals surface area contributed by atoms with Crippen LogP contribution in [-0.4, -0.2) is 76.1 Å². The van der Waals surface area contributed by atoms with Crippen LogP contribution in [0.2, 0.25) is 0 Å². The lowest BCUT2D eigenvalue weighted by molar-refractivity contribution is 0.0168. The van der Waals surface area contributed by atoms with Crippen molar-refractivity contribution in [2.75, 3.05) is 53.0 Å². The number of nitrogens with zero attached hydrogens (tertiary/aromatic N) is 2. The van der Waals surface area contributed by atoms with E-state index >= 15 is 0 Å². The number of nitrogens with one attached hydrogen (secondary N) is 2. The van der Waals surface area contributed by atoms with Gasteiger partial charge in [-0.05, 0) is 45.6 Å². The van der Waals surface area contributed by atoms with Crippen LogP contribution in [0.15, 0.2) is 4.99 Å². The van der Waals surface area contributed by atoms with Crippen molar-refractivity contribution in [2.45, 2.75) is 57.6 Å². The highest BCUT2D eigenvalue weighted by atomic mass is 16.5. The molecule has 2 N–H and O–H groups in total. The summed E-state index contributed by atoms with van der Waals surface area (Å²) in [6.07, 6.45) is 7.67. The van der Waals surface area contributed by atoms with Crippen molar-refractivity contribution < 1.29 is 9.47 Å². The molecule has 0 saturated carbocycles. The molecule has 6 nitrogen and oxygen atoms in total. The summed E-state index contributed by atoms with van der Waals surface area (Å²) in [6, 6.07) is 0.719. The zero-order valence-corrected chi connectivity index (χ0v) is 15.6. The largest absolute Gasteiger partial charge is 0.379 e. The van der Waals surface area contributed by atoms with Crippen molar-refractivity contribution in [3.05, 3.63) is 0 Å². The fourth-order valence-corrected chi connectivity index (χ4v) is 3.40. The van der Waals surface area contributed by atoms with Gasteiger partial charge in [0.25, 0.3) is 0 Å². The standard InChI is InChI=1S/C18H36N4O2/c1-16-7-3-4-11-22(16)12-10-21-18(19-2)20-9-6-13-23-15-17-8-5-14-24-17/h16-17H,3-15H2,1-2H3,(H2,19,20,21). The van der Waals surface area contributed by atoms with Gasteiger partial charge in [-0.25, -0.2) is 0 Å². The van der Waals surface area contributed by atoms with Crippen LogP contribution in [0.1, 0.15) is 45.4 Å². The fourth-order valence-electron chi connectivity index (χ4n) is 3.40. The summed E-state index contributed by atoms with van der Waals surface area (Å²) in [6.45, 7) is 8.89. The van der Waals surface area contributed by atoms with Crippen LogP contribution in [0, 0.1) is 0 Å². The van der Waals surface area contributed by atoms with Crippen LogP contribution < -0.4 is 10.6 Å². The minimum atomic E-state index is 0.324. The summed E-state index contributed by atoms with van der Waals surface area (Å²) in [7, 11) is 1.83. The molecule has 0 spiro atoms. The average Bonchev–Trinajstić information content (AvgIpc) is 3.11. The van der Waals surface area contributed by atoms with Gasteiger partial charge in [0.2, 0.25) is 0 Å². The maximum absolute atomic E-state index is 5.67. The Morgan fingerprint density at radius 2 is 2.08 bits per heavy atom. The number of piperidine rings is 1. The van der Waals surface area contributed by atoms with E-state index in [4.69, 9.17) is 9.47 Å². The van der Waals surface area contributed by atoms with Crippen molar-refractivity contribution in [3.63, 3.8) is 0 Å². The lowest BCUT2D eigenvalue weighted by atomic mass is 10.0. The third kappa shape index (κ3) is 7.36. The van der Waals surface area contributed by atoms with Crippen LogP contribution in [0.4, 0.5) is 0 Å². The number of ether oxygens (including phenoxy) is 2. The van der Waals surface area contributed by atoms with E-state index in [1.807, 2.05) is 7.05 Å². The molecule has 0 radical (unpaired) electrons. The van der Waals surface area contributed by atoms with Gasteiger partial charge < -0.3 is 20.1 Å². The molecule has 2 unspecified atom stereocenters. The van der Waals surface area contributed by atoms with E-state index in [0.29, 0.717) is 6.10 Å². The molecule has 2 rings (SSSR count). The zero-order valence-electron chi connectivity index (χ0n) is 15.6. The van der Waals surface area contributed by atoms with Crippen LogP contribution in [0.3, 0.4) is 0 Å². The van der Waals surface area contributed by atoms with Crippen LogP contribution in [0.5, 0.6) is 0 Å². The molecule has 0 amide bonds. The van der Waals surface area contributed by atoms with Gasteiger partial charge >= 0.3 is 0 Å². The summed E-state index contributed by atoms with van der Waals surface area (Å²) >= 11 is 0. The van der Waals surface area contributed by atoms with Crippen LogP contribution in [-0.2, 0) is 9.47 Å². The van der Waals surface area contributed by atoms with E-state index in [9.17, 15) is 0 Å². The van der Waals surface area contributed by atoms with E-state index in [1.54, 1.807) is 0 Å². The van der Waals surface area contributed by atoms with E-state index in [0.717, 1.165) is 64.3 Å². The van der Waals surface area contributed by atoms with Gasteiger partial charge in [-0.1, -0.05) is 6.42 Å². The molecule has 2 heterocycles. The molecule has 2 saturated heterocycles. The highest BCUT2D eigenvalue weighted by Crippen LogP contribution is 2.15. The van der Waals surface area contributed by atoms with Crippen molar-refractivity contribution in [3.8, 4) is 0 Å². The second kappa shape index (κ2) is 11.7. The van der Waals surface area contributed by atoms with Gasteiger partial charge in [0.05, 0.1) is 12.7 Å². The number of rotatable bonds is 9. The van der Waals surface area contributed by atoms with E-state index in [-0.39, 0.29) is 0 Å². The summed E-state index contributed by atoms with van der Waals surface area (Å²) < 4.78 is 11.2. The maximum atomic E-state index is 5.67. The molecule has 2 aliphatic rings. The molecule has 140 valence electrons. The van der Waals surface area contributed by atoms with Crippen LogP contribution in [0.25, 0.3) is 0 Å². The Labute approximate surface area is 147 Å². The second-order valence-corrected chi connectivity index (χ2v) is 6.87. The number of aliphatic imine (C=N–C) groups is 1. The van der Waals surface area contributed by atoms with Crippen molar-refractivity contribution >= 4 is 5.96 Å². The first kappa shape index (κ1) is 19.5. The highest BCUT2D eigenvalue weighted by Gasteiger charge is 2.17. The first-order valence-corrected chi connectivity index (χ1v) is 9.67.